The number of anilines is 1. The van der Waals surface area contributed by atoms with Gasteiger partial charge in [0.25, 0.3) is 5.91 Å². The van der Waals surface area contributed by atoms with E-state index in [0.717, 1.165) is 11.5 Å². The molecule has 2 aromatic rings. The number of hydrogen-bond donors (Lipinski definition) is 3. The van der Waals surface area contributed by atoms with Crippen LogP contribution in [0.1, 0.15) is 20.9 Å². The maximum atomic E-state index is 12.2. The van der Waals surface area contributed by atoms with E-state index >= 15 is 0 Å². The lowest BCUT2D eigenvalue weighted by Gasteiger charge is -2.13. The fourth-order valence-corrected chi connectivity index (χ4v) is 2.26. The molecule has 0 radical (unpaired) electrons. The number of methoxy groups -OCH3 is 1. The van der Waals surface area contributed by atoms with Gasteiger partial charge in [0.05, 0.1) is 18.5 Å². The Morgan fingerprint density at radius 3 is 2.86 bits per heavy atom. The third-order valence-corrected chi connectivity index (χ3v) is 3.55. The maximum Gasteiger partial charge on any atom is 0.269 e. The quantitative estimate of drug-likeness (QED) is 0.337. The van der Waals surface area contributed by atoms with Crippen LogP contribution in [0.15, 0.2) is 23.4 Å². The number of aromatic nitrogens is 2. The summed E-state index contributed by atoms with van der Waals surface area (Å²) in [5.74, 6) is -0.134. The maximum absolute atomic E-state index is 12.2. The van der Waals surface area contributed by atoms with Crippen molar-refractivity contribution >= 4 is 29.0 Å². The number of oxime groups is 1. The molecule has 2 rings (SSSR count). The van der Waals surface area contributed by atoms with Crippen molar-refractivity contribution in [2.24, 2.45) is 10.9 Å². The summed E-state index contributed by atoms with van der Waals surface area (Å²) in [6, 6.07) is 4.92. The van der Waals surface area contributed by atoms with Gasteiger partial charge < -0.3 is 21.0 Å². The number of nitrogens with zero attached hydrogens (tertiary/aromatic N) is 3. The van der Waals surface area contributed by atoms with E-state index < -0.39 is 0 Å². The van der Waals surface area contributed by atoms with E-state index in [1.54, 1.807) is 25.1 Å². The highest BCUT2D eigenvalue weighted by Gasteiger charge is 2.19. The lowest BCUT2D eigenvalue weighted by molar-refractivity contribution is 0.102. The Labute approximate surface area is 124 Å². The van der Waals surface area contributed by atoms with Crippen molar-refractivity contribution < 1.29 is 14.7 Å². The summed E-state index contributed by atoms with van der Waals surface area (Å²) in [6.07, 6.45) is 0. The first-order valence-corrected chi connectivity index (χ1v) is 6.61. The summed E-state index contributed by atoms with van der Waals surface area (Å²) >= 11 is 0.986. The molecule has 1 heterocycles. The third kappa shape index (κ3) is 2.92. The predicted octanol–water partition coefficient (Wildman–Crippen LogP) is 1.20. The monoisotopic (exact) mass is 307 g/mol. The van der Waals surface area contributed by atoms with Crippen molar-refractivity contribution in [1.82, 2.24) is 9.59 Å². The van der Waals surface area contributed by atoms with Gasteiger partial charge >= 0.3 is 0 Å². The fraction of sp³-hybridized carbons (Fsp3) is 0.167. The number of amidine groups is 1. The van der Waals surface area contributed by atoms with Crippen LogP contribution in [0.5, 0.6) is 5.75 Å². The first-order valence-electron chi connectivity index (χ1n) is 5.83. The number of aryl methyl sites for hydroxylation is 1. The lowest BCUT2D eigenvalue weighted by atomic mass is 10.1. The molecule has 1 amide bonds. The molecule has 0 saturated heterocycles. The van der Waals surface area contributed by atoms with Crippen LogP contribution in [0.3, 0.4) is 0 Å². The van der Waals surface area contributed by atoms with Crippen LogP contribution in [0, 0.1) is 6.92 Å². The molecule has 8 nitrogen and oxygen atoms in total. The van der Waals surface area contributed by atoms with E-state index in [1.165, 1.54) is 7.11 Å². The minimum absolute atomic E-state index is 0.136. The van der Waals surface area contributed by atoms with Gasteiger partial charge in [-0.25, -0.2) is 0 Å². The third-order valence-electron chi connectivity index (χ3n) is 2.73. The van der Waals surface area contributed by atoms with E-state index in [1.807, 2.05) is 0 Å². The molecule has 0 aliphatic rings. The SMILES string of the molecule is COc1cccc(/C(N)=N/O)c1NC(=O)c1snnc1C. The summed E-state index contributed by atoms with van der Waals surface area (Å²) in [6.45, 7) is 1.69. The second kappa shape index (κ2) is 6.18. The van der Waals surface area contributed by atoms with Crippen LogP contribution < -0.4 is 15.8 Å². The van der Waals surface area contributed by atoms with E-state index in [4.69, 9.17) is 15.7 Å². The van der Waals surface area contributed by atoms with Crippen LogP contribution in [0.2, 0.25) is 0 Å². The number of nitrogens with two attached hydrogens (primary N) is 1. The van der Waals surface area contributed by atoms with E-state index in [-0.39, 0.29) is 11.7 Å². The number of hydrogen-bond acceptors (Lipinski definition) is 7. The van der Waals surface area contributed by atoms with Crippen LogP contribution >= 0.6 is 11.5 Å². The molecular weight excluding hydrogens is 294 g/mol. The van der Waals surface area contributed by atoms with Crippen LogP contribution in [-0.2, 0) is 0 Å². The van der Waals surface area contributed by atoms with Crippen molar-refractivity contribution in [2.45, 2.75) is 6.92 Å². The zero-order valence-electron chi connectivity index (χ0n) is 11.3. The molecular formula is C12H13N5O3S. The number of benzene rings is 1. The Morgan fingerprint density at radius 2 is 2.29 bits per heavy atom. The number of ether oxygens (including phenoxy) is 1. The molecule has 0 unspecified atom stereocenters. The molecule has 1 aromatic carbocycles. The molecule has 21 heavy (non-hydrogen) atoms. The lowest BCUT2D eigenvalue weighted by Crippen LogP contribution is -2.19. The van der Waals surface area contributed by atoms with Crippen LogP contribution in [0.25, 0.3) is 0 Å². The highest BCUT2D eigenvalue weighted by Crippen LogP contribution is 2.29. The van der Waals surface area contributed by atoms with E-state index in [2.05, 4.69) is 20.1 Å². The Morgan fingerprint density at radius 1 is 1.52 bits per heavy atom. The Kier molecular flexibility index (Phi) is 4.33. The van der Waals surface area contributed by atoms with Gasteiger partial charge in [0.1, 0.15) is 10.6 Å². The molecule has 110 valence electrons. The smallest absolute Gasteiger partial charge is 0.269 e. The highest BCUT2D eigenvalue weighted by atomic mass is 32.1. The number of carbonyl (C=O) groups is 1. The minimum Gasteiger partial charge on any atom is -0.495 e. The van der Waals surface area contributed by atoms with Crippen molar-refractivity contribution in [3.05, 3.63) is 34.3 Å². The van der Waals surface area contributed by atoms with Gasteiger partial charge in [0.15, 0.2) is 5.84 Å². The zero-order valence-corrected chi connectivity index (χ0v) is 12.1. The summed E-state index contributed by atoms with van der Waals surface area (Å²) in [4.78, 5) is 12.6. The molecule has 0 aliphatic heterocycles. The molecule has 0 fully saturated rings. The van der Waals surface area contributed by atoms with Crippen molar-refractivity contribution in [3.63, 3.8) is 0 Å². The standard InChI is InChI=1S/C12H13N5O3S/c1-6-10(21-17-15-6)12(18)14-9-7(11(13)16-19)4-3-5-8(9)20-2/h3-5,19H,1-2H3,(H2,13,16)(H,14,18). The topological polar surface area (TPSA) is 123 Å². The van der Waals surface area contributed by atoms with Gasteiger partial charge in [-0.05, 0) is 30.6 Å². The van der Waals surface area contributed by atoms with Crippen LogP contribution in [-0.4, -0.2) is 33.6 Å². The van der Waals surface area contributed by atoms with Crippen molar-refractivity contribution in [1.29, 1.82) is 0 Å². The first kappa shape index (κ1) is 14.7. The summed E-state index contributed by atoms with van der Waals surface area (Å²) in [7, 11) is 1.46. The van der Waals surface area contributed by atoms with Gasteiger partial charge in [-0.1, -0.05) is 15.7 Å². The van der Waals surface area contributed by atoms with Gasteiger partial charge in [0, 0.05) is 5.56 Å². The number of rotatable bonds is 4. The second-order valence-electron chi connectivity index (χ2n) is 4.01. The highest BCUT2D eigenvalue weighted by molar-refractivity contribution is 7.08. The van der Waals surface area contributed by atoms with Gasteiger partial charge in [0.2, 0.25) is 0 Å². The Hall–Kier alpha value is -2.68. The molecule has 1 aromatic heterocycles. The average Bonchev–Trinajstić information content (AvgIpc) is 2.92. The van der Waals surface area contributed by atoms with Crippen molar-refractivity contribution in [3.8, 4) is 5.75 Å². The molecule has 0 atom stereocenters. The largest absolute Gasteiger partial charge is 0.495 e. The summed E-state index contributed by atoms with van der Waals surface area (Å²) in [5.41, 5.74) is 6.80. The minimum atomic E-state index is -0.390. The Balaban J connectivity index is 2.43. The fourth-order valence-electron chi connectivity index (χ4n) is 1.71. The summed E-state index contributed by atoms with van der Waals surface area (Å²) in [5, 5.41) is 18.2. The molecule has 0 bridgehead atoms. The van der Waals surface area contributed by atoms with Gasteiger partial charge in [-0.15, -0.1) is 5.10 Å². The van der Waals surface area contributed by atoms with E-state index in [9.17, 15) is 4.79 Å². The van der Waals surface area contributed by atoms with E-state index in [0.29, 0.717) is 27.6 Å². The number of amides is 1. The molecule has 0 aliphatic carbocycles. The van der Waals surface area contributed by atoms with Crippen LogP contribution in [0.4, 0.5) is 5.69 Å². The first-order chi connectivity index (χ1) is 10.1. The zero-order chi connectivity index (χ0) is 15.4. The average molecular weight is 307 g/mol. The molecule has 0 saturated carbocycles. The molecule has 4 N–H and O–H groups in total. The number of para-hydroxylation sites is 1. The summed E-state index contributed by atoms with van der Waals surface area (Å²) < 4.78 is 8.91. The van der Waals surface area contributed by atoms with Crippen molar-refractivity contribution in [2.75, 3.05) is 12.4 Å². The number of carbonyl (C=O) groups excluding carboxylic acids is 1. The predicted molar refractivity (Wildman–Crippen MR) is 78.1 cm³/mol. The second-order valence-corrected chi connectivity index (χ2v) is 4.76. The number of nitrogens with one attached hydrogen (secondary N) is 1. The molecule has 0 spiro atoms. The van der Waals surface area contributed by atoms with Gasteiger partial charge in [-0.3, -0.25) is 4.79 Å². The molecule has 9 heteroatoms. The van der Waals surface area contributed by atoms with Gasteiger partial charge in [-0.2, -0.15) is 0 Å². The normalized spacial score (nSPS) is 11.2. The Bertz CT molecular complexity index is 698.